The maximum absolute atomic E-state index is 14.2. The zero-order valence-electron chi connectivity index (χ0n) is 17.3. The molecule has 0 fully saturated rings. The molecule has 2 heterocycles. The third-order valence-electron chi connectivity index (χ3n) is 4.54. The second-order valence-electron chi connectivity index (χ2n) is 7.07. The van der Waals surface area contributed by atoms with Gasteiger partial charge in [0.05, 0.1) is 46.4 Å². The highest BCUT2D eigenvalue weighted by Crippen LogP contribution is 2.21. The van der Waals surface area contributed by atoms with Crippen LogP contribution in [0.4, 0.5) is 26.2 Å². The monoisotopic (exact) mass is 464 g/mol. The number of amides is 3. The summed E-state index contributed by atoms with van der Waals surface area (Å²) in [6.45, 7) is 1.83. The van der Waals surface area contributed by atoms with Crippen molar-refractivity contribution in [3.8, 4) is 5.69 Å². The number of halogens is 2. The Balaban J connectivity index is 1.47. The number of aromatic nitrogens is 3. The van der Waals surface area contributed by atoms with E-state index >= 15 is 0 Å². The van der Waals surface area contributed by atoms with Crippen LogP contribution < -0.4 is 16.0 Å². The lowest BCUT2D eigenvalue weighted by Gasteiger charge is -2.08. The van der Waals surface area contributed by atoms with Gasteiger partial charge in [0, 0.05) is 11.3 Å². The molecule has 0 saturated carbocycles. The number of nitrogens with zero attached hydrogens (tertiary/aromatic N) is 3. The van der Waals surface area contributed by atoms with E-state index in [1.165, 1.54) is 35.4 Å². The van der Waals surface area contributed by atoms with Crippen molar-refractivity contribution in [2.45, 2.75) is 6.92 Å². The maximum Gasteiger partial charge on any atom is 0.323 e. The van der Waals surface area contributed by atoms with Crippen LogP contribution in [-0.4, -0.2) is 26.7 Å². The topological polar surface area (TPSA) is 101 Å². The Morgan fingerprint density at radius 1 is 0.970 bits per heavy atom. The SMILES string of the molecule is Cc1ccc(NC(=O)c2cc(F)cc(-n3cc(NC(=O)Nc4ccccc4Cl)cn3)c2)cn1. The lowest BCUT2D eigenvalue weighted by atomic mass is 10.1. The summed E-state index contributed by atoms with van der Waals surface area (Å²) in [5, 5.41) is 12.5. The molecule has 4 rings (SSSR count). The van der Waals surface area contributed by atoms with Gasteiger partial charge in [-0.1, -0.05) is 23.7 Å². The predicted molar refractivity (Wildman–Crippen MR) is 125 cm³/mol. The quantitative estimate of drug-likeness (QED) is 0.374. The number of para-hydroxylation sites is 1. The molecule has 10 heteroatoms. The van der Waals surface area contributed by atoms with Crippen LogP contribution in [0.1, 0.15) is 16.1 Å². The first-order chi connectivity index (χ1) is 15.9. The molecule has 0 atom stereocenters. The Morgan fingerprint density at radius 3 is 2.55 bits per heavy atom. The predicted octanol–water partition coefficient (Wildman–Crippen LogP) is 5.26. The van der Waals surface area contributed by atoms with Crippen LogP contribution in [-0.2, 0) is 0 Å². The highest BCUT2D eigenvalue weighted by atomic mass is 35.5. The fraction of sp³-hybridized carbons (Fsp3) is 0.0435. The van der Waals surface area contributed by atoms with Crippen molar-refractivity contribution in [1.29, 1.82) is 0 Å². The maximum atomic E-state index is 14.2. The van der Waals surface area contributed by atoms with Crippen molar-refractivity contribution >= 4 is 40.6 Å². The molecule has 2 aromatic heterocycles. The van der Waals surface area contributed by atoms with Gasteiger partial charge < -0.3 is 16.0 Å². The van der Waals surface area contributed by atoms with Gasteiger partial charge in [-0.05, 0) is 49.4 Å². The van der Waals surface area contributed by atoms with Crippen molar-refractivity contribution < 1.29 is 14.0 Å². The van der Waals surface area contributed by atoms with Crippen molar-refractivity contribution in [2.75, 3.05) is 16.0 Å². The molecule has 0 aliphatic rings. The van der Waals surface area contributed by atoms with Gasteiger partial charge in [-0.15, -0.1) is 0 Å². The molecule has 8 nitrogen and oxygen atoms in total. The van der Waals surface area contributed by atoms with Gasteiger partial charge in [0.25, 0.3) is 5.91 Å². The zero-order chi connectivity index (χ0) is 23.4. The van der Waals surface area contributed by atoms with E-state index in [1.807, 2.05) is 6.92 Å². The number of urea groups is 1. The van der Waals surface area contributed by atoms with Gasteiger partial charge in [-0.2, -0.15) is 5.10 Å². The number of pyridine rings is 1. The summed E-state index contributed by atoms with van der Waals surface area (Å²) in [6.07, 6.45) is 4.41. The third kappa shape index (κ3) is 5.52. The summed E-state index contributed by atoms with van der Waals surface area (Å²) >= 11 is 6.04. The van der Waals surface area contributed by atoms with E-state index < -0.39 is 17.8 Å². The number of carbonyl (C=O) groups is 2. The van der Waals surface area contributed by atoms with Crippen molar-refractivity contribution in [1.82, 2.24) is 14.8 Å². The molecule has 3 N–H and O–H groups in total. The Labute approximate surface area is 193 Å². The summed E-state index contributed by atoms with van der Waals surface area (Å²) in [4.78, 5) is 28.9. The second-order valence-corrected chi connectivity index (χ2v) is 7.48. The van der Waals surface area contributed by atoms with E-state index in [1.54, 1.807) is 36.4 Å². The lowest BCUT2D eigenvalue weighted by molar-refractivity contribution is 0.102. The number of nitrogens with one attached hydrogen (secondary N) is 3. The average Bonchev–Trinajstić information content (AvgIpc) is 3.25. The number of benzene rings is 2. The molecule has 166 valence electrons. The first kappa shape index (κ1) is 22.0. The van der Waals surface area contributed by atoms with Crippen LogP contribution in [0.15, 0.2) is 73.2 Å². The largest absolute Gasteiger partial charge is 0.323 e. The van der Waals surface area contributed by atoms with Gasteiger partial charge in [0.2, 0.25) is 0 Å². The van der Waals surface area contributed by atoms with Crippen molar-refractivity contribution in [2.24, 2.45) is 0 Å². The van der Waals surface area contributed by atoms with E-state index in [9.17, 15) is 14.0 Å². The molecular weight excluding hydrogens is 447 g/mol. The van der Waals surface area contributed by atoms with Gasteiger partial charge in [-0.25, -0.2) is 13.9 Å². The Bertz CT molecular complexity index is 1320. The van der Waals surface area contributed by atoms with E-state index in [0.717, 1.165) is 11.8 Å². The van der Waals surface area contributed by atoms with E-state index in [4.69, 9.17) is 11.6 Å². The summed E-state index contributed by atoms with van der Waals surface area (Å²) in [6, 6.07) is 13.6. The Hall–Kier alpha value is -4.24. The van der Waals surface area contributed by atoms with Crippen LogP contribution >= 0.6 is 11.6 Å². The minimum atomic E-state index is -0.610. The van der Waals surface area contributed by atoms with Gasteiger partial charge in [-0.3, -0.25) is 9.78 Å². The molecule has 0 saturated heterocycles. The average molecular weight is 465 g/mol. The lowest BCUT2D eigenvalue weighted by Crippen LogP contribution is -2.19. The number of anilines is 3. The molecule has 4 aromatic rings. The summed E-state index contributed by atoms with van der Waals surface area (Å²) in [5.74, 6) is -1.10. The first-order valence-electron chi connectivity index (χ1n) is 9.79. The molecule has 0 radical (unpaired) electrons. The highest BCUT2D eigenvalue weighted by Gasteiger charge is 2.13. The van der Waals surface area contributed by atoms with Crippen LogP contribution in [0.25, 0.3) is 5.69 Å². The summed E-state index contributed by atoms with van der Waals surface area (Å²) < 4.78 is 15.6. The van der Waals surface area contributed by atoms with Crippen molar-refractivity contribution in [3.05, 3.63) is 95.3 Å². The van der Waals surface area contributed by atoms with E-state index in [0.29, 0.717) is 27.8 Å². The molecule has 2 aromatic carbocycles. The molecular formula is C23H18ClFN6O2. The van der Waals surface area contributed by atoms with Crippen LogP contribution in [0.5, 0.6) is 0 Å². The Morgan fingerprint density at radius 2 is 1.79 bits per heavy atom. The standard InChI is InChI=1S/C23H18ClFN6O2/c1-14-6-7-17(11-26-14)28-22(32)15-8-16(25)10-19(9-15)31-13-18(12-27-31)29-23(33)30-21-5-3-2-4-20(21)24/h2-13H,1H3,(H,28,32)(H2,29,30,33). The number of hydrogen-bond acceptors (Lipinski definition) is 4. The van der Waals surface area contributed by atoms with E-state index in [-0.39, 0.29) is 5.56 Å². The number of rotatable bonds is 5. The zero-order valence-corrected chi connectivity index (χ0v) is 18.1. The molecule has 0 aliphatic heterocycles. The smallest absolute Gasteiger partial charge is 0.321 e. The summed E-state index contributed by atoms with van der Waals surface area (Å²) in [7, 11) is 0. The third-order valence-corrected chi connectivity index (χ3v) is 4.87. The normalized spacial score (nSPS) is 10.5. The molecule has 0 bridgehead atoms. The number of hydrogen-bond donors (Lipinski definition) is 3. The first-order valence-corrected chi connectivity index (χ1v) is 10.2. The van der Waals surface area contributed by atoms with Gasteiger partial charge in [0.15, 0.2) is 0 Å². The molecule has 3 amide bonds. The van der Waals surface area contributed by atoms with Crippen LogP contribution in [0.3, 0.4) is 0 Å². The fourth-order valence-electron chi connectivity index (χ4n) is 2.96. The number of carbonyl (C=O) groups excluding carboxylic acids is 2. The minimum Gasteiger partial charge on any atom is -0.321 e. The summed E-state index contributed by atoms with van der Waals surface area (Å²) in [5.41, 5.74) is 2.53. The van der Waals surface area contributed by atoms with Gasteiger partial charge >= 0.3 is 6.03 Å². The second kappa shape index (κ2) is 9.49. The molecule has 0 aliphatic carbocycles. The molecule has 0 spiro atoms. The van der Waals surface area contributed by atoms with E-state index in [2.05, 4.69) is 26.0 Å². The minimum absolute atomic E-state index is 0.104. The van der Waals surface area contributed by atoms with Crippen molar-refractivity contribution in [3.63, 3.8) is 0 Å². The molecule has 33 heavy (non-hydrogen) atoms. The fourth-order valence-corrected chi connectivity index (χ4v) is 3.14. The highest BCUT2D eigenvalue weighted by molar-refractivity contribution is 6.33. The van der Waals surface area contributed by atoms with Crippen LogP contribution in [0, 0.1) is 12.7 Å². The van der Waals surface area contributed by atoms with Crippen LogP contribution in [0.2, 0.25) is 5.02 Å². The number of aryl methyl sites for hydroxylation is 1. The van der Waals surface area contributed by atoms with Gasteiger partial charge in [0.1, 0.15) is 5.82 Å². The molecule has 0 unspecified atom stereocenters. The Kier molecular flexibility index (Phi) is 6.32.